The topological polar surface area (TPSA) is 32.3 Å². The number of piperidine rings is 1. The molecule has 0 bridgehead atoms. The highest BCUT2D eigenvalue weighted by molar-refractivity contribution is 9.10. The van der Waals surface area contributed by atoms with Gasteiger partial charge in [0.15, 0.2) is 0 Å². The van der Waals surface area contributed by atoms with E-state index < -0.39 is 6.10 Å². The third-order valence-corrected chi connectivity index (χ3v) is 3.62. The van der Waals surface area contributed by atoms with Crippen molar-refractivity contribution in [1.29, 1.82) is 0 Å². The zero-order chi connectivity index (χ0) is 11.5. The van der Waals surface area contributed by atoms with Crippen LogP contribution >= 0.6 is 15.9 Å². The first-order valence-corrected chi connectivity index (χ1v) is 6.34. The van der Waals surface area contributed by atoms with Crippen molar-refractivity contribution in [2.75, 3.05) is 6.54 Å². The smallest absolute Gasteiger partial charge is 0.137 e. The van der Waals surface area contributed by atoms with Crippen molar-refractivity contribution >= 4 is 15.9 Å². The fourth-order valence-electron chi connectivity index (χ4n) is 2.08. The number of benzene rings is 1. The Morgan fingerprint density at radius 1 is 1.44 bits per heavy atom. The third-order valence-electron chi connectivity index (χ3n) is 3.01. The van der Waals surface area contributed by atoms with Gasteiger partial charge in [0.05, 0.1) is 10.6 Å². The van der Waals surface area contributed by atoms with E-state index in [0.717, 1.165) is 31.4 Å². The first kappa shape index (κ1) is 12.0. The largest absolute Gasteiger partial charge is 0.387 e. The normalized spacial score (nSPS) is 23.1. The molecular weight excluding hydrogens is 273 g/mol. The lowest BCUT2D eigenvalue weighted by Gasteiger charge is -2.28. The standard InChI is InChI=1S/C12H15BrFNO/c13-9-7-8(4-5-10(9)14)12(16)11-3-1-2-6-15-11/h4-5,7,11-12,15-16H,1-3,6H2. The van der Waals surface area contributed by atoms with Crippen LogP contribution in [0.15, 0.2) is 22.7 Å². The van der Waals surface area contributed by atoms with Crippen LogP contribution in [0.5, 0.6) is 0 Å². The van der Waals surface area contributed by atoms with Crippen LogP contribution in [0, 0.1) is 5.82 Å². The maximum atomic E-state index is 13.1. The molecule has 0 amide bonds. The van der Waals surface area contributed by atoms with Crippen LogP contribution in [0.25, 0.3) is 0 Å². The van der Waals surface area contributed by atoms with E-state index in [-0.39, 0.29) is 11.9 Å². The van der Waals surface area contributed by atoms with Gasteiger partial charge in [-0.3, -0.25) is 0 Å². The van der Waals surface area contributed by atoms with E-state index >= 15 is 0 Å². The molecule has 88 valence electrons. The van der Waals surface area contributed by atoms with Crippen molar-refractivity contribution in [2.45, 2.75) is 31.4 Å². The summed E-state index contributed by atoms with van der Waals surface area (Å²) in [6.45, 7) is 0.949. The highest BCUT2D eigenvalue weighted by atomic mass is 79.9. The Kier molecular flexibility index (Phi) is 3.95. The Bertz CT molecular complexity index is 366. The van der Waals surface area contributed by atoms with E-state index in [0.29, 0.717) is 4.47 Å². The molecule has 2 atom stereocenters. The summed E-state index contributed by atoms with van der Waals surface area (Å²) >= 11 is 3.13. The molecule has 2 nitrogen and oxygen atoms in total. The van der Waals surface area contributed by atoms with Crippen molar-refractivity contribution in [2.24, 2.45) is 0 Å². The molecule has 0 aliphatic carbocycles. The maximum absolute atomic E-state index is 13.1. The molecule has 2 unspecified atom stereocenters. The summed E-state index contributed by atoms with van der Waals surface area (Å²) in [6.07, 6.45) is 2.71. The Labute approximate surface area is 103 Å². The van der Waals surface area contributed by atoms with E-state index in [1.54, 1.807) is 12.1 Å². The molecule has 0 spiro atoms. The van der Waals surface area contributed by atoms with Gasteiger partial charge in [0.2, 0.25) is 0 Å². The molecule has 1 aromatic carbocycles. The van der Waals surface area contributed by atoms with Gasteiger partial charge < -0.3 is 10.4 Å². The number of aliphatic hydroxyl groups is 1. The zero-order valence-corrected chi connectivity index (χ0v) is 10.5. The number of halogens is 2. The predicted molar refractivity (Wildman–Crippen MR) is 64.7 cm³/mol. The minimum absolute atomic E-state index is 0.0890. The lowest BCUT2D eigenvalue weighted by molar-refractivity contribution is 0.113. The third kappa shape index (κ3) is 2.62. The summed E-state index contributed by atoms with van der Waals surface area (Å²) in [6, 6.07) is 4.76. The predicted octanol–water partition coefficient (Wildman–Crippen LogP) is 2.76. The highest BCUT2D eigenvalue weighted by Gasteiger charge is 2.22. The average Bonchev–Trinajstić information content (AvgIpc) is 2.33. The van der Waals surface area contributed by atoms with Crippen molar-refractivity contribution in [3.8, 4) is 0 Å². The van der Waals surface area contributed by atoms with Crippen molar-refractivity contribution in [1.82, 2.24) is 5.32 Å². The van der Waals surface area contributed by atoms with Gasteiger partial charge in [-0.25, -0.2) is 4.39 Å². The van der Waals surface area contributed by atoms with E-state index in [4.69, 9.17) is 0 Å². The fourth-order valence-corrected chi connectivity index (χ4v) is 2.47. The molecule has 1 aliphatic rings. The first-order valence-electron chi connectivity index (χ1n) is 5.55. The summed E-state index contributed by atoms with van der Waals surface area (Å²) in [7, 11) is 0. The van der Waals surface area contributed by atoms with Gasteiger partial charge >= 0.3 is 0 Å². The van der Waals surface area contributed by atoms with Crippen LogP contribution in [0.1, 0.15) is 30.9 Å². The number of nitrogens with one attached hydrogen (secondary N) is 1. The van der Waals surface area contributed by atoms with Crippen LogP contribution in [-0.2, 0) is 0 Å². The minimum Gasteiger partial charge on any atom is -0.387 e. The van der Waals surface area contributed by atoms with Crippen molar-refractivity contribution in [3.05, 3.63) is 34.1 Å². The summed E-state index contributed by atoms with van der Waals surface area (Å²) in [4.78, 5) is 0. The summed E-state index contributed by atoms with van der Waals surface area (Å²) in [5.74, 6) is -0.299. The molecule has 0 saturated carbocycles. The van der Waals surface area contributed by atoms with Crippen LogP contribution < -0.4 is 5.32 Å². The molecule has 4 heteroatoms. The second kappa shape index (κ2) is 5.25. The van der Waals surface area contributed by atoms with E-state index in [2.05, 4.69) is 21.2 Å². The average molecular weight is 288 g/mol. The van der Waals surface area contributed by atoms with Crippen molar-refractivity contribution in [3.63, 3.8) is 0 Å². The van der Waals surface area contributed by atoms with Crippen LogP contribution in [-0.4, -0.2) is 17.7 Å². The summed E-state index contributed by atoms with van der Waals surface area (Å²) < 4.78 is 13.5. The molecule has 1 aliphatic heterocycles. The van der Waals surface area contributed by atoms with Crippen LogP contribution in [0.3, 0.4) is 0 Å². The Balaban J connectivity index is 2.12. The van der Waals surface area contributed by atoms with Gasteiger partial charge in [-0.15, -0.1) is 0 Å². The van der Waals surface area contributed by atoms with Gasteiger partial charge in [0.1, 0.15) is 5.82 Å². The Morgan fingerprint density at radius 2 is 2.25 bits per heavy atom. The van der Waals surface area contributed by atoms with Gasteiger partial charge in [-0.1, -0.05) is 12.5 Å². The van der Waals surface area contributed by atoms with E-state index in [1.807, 2.05) is 0 Å². The molecule has 1 saturated heterocycles. The molecule has 1 aromatic rings. The molecule has 1 heterocycles. The Hall–Kier alpha value is -0.450. The summed E-state index contributed by atoms with van der Waals surface area (Å²) in [5, 5.41) is 13.4. The Morgan fingerprint density at radius 3 is 2.88 bits per heavy atom. The van der Waals surface area contributed by atoms with E-state index in [9.17, 15) is 9.50 Å². The second-order valence-corrected chi connectivity index (χ2v) is 5.03. The highest BCUT2D eigenvalue weighted by Crippen LogP contribution is 2.26. The minimum atomic E-state index is -0.558. The molecule has 0 aromatic heterocycles. The van der Waals surface area contributed by atoms with Crippen LogP contribution in [0.4, 0.5) is 4.39 Å². The molecule has 2 N–H and O–H groups in total. The van der Waals surface area contributed by atoms with Gasteiger partial charge in [0.25, 0.3) is 0 Å². The van der Waals surface area contributed by atoms with Gasteiger partial charge in [-0.05, 0) is 53.0 Å². The molecule has 2 rings (SSSR count). The SMILES string of the molecule is OC(c1ccc(F)c(Br)c1)C1CCCCN1. The van der Waals surface area contributed by atoms with Gasteiger partial charge in [0, 0.05) is 6.04 Å². The number of aliphatic hydroxyl groups excluding tert-OH is 1. The first-order chi connectivity index (χ1) is 7.68. The molecule has 16 heavy (non-hydrogen) atoms. The molecule has 0 radical (unpaired) electrons. The quantitative estimate of drug-likeness (QED) is 0.877. The van der Waals surface area contributed by atoms with Gasteiger partial charge in [-0.2, -0.15) is 0 Å². The lowest BCUT2D eigenvalue weighted by atomic mass is 9.95. The number of rotatable bonds is 2. The monoisotopic (exact) mass is 287 g/mol. The van der Waals surface area contributed by atoms with Crippen molar-refractivity contribution < 1.29 is 9.50 Å². The zero-order valence-electron chi connectivity index (χ0n) is 8.92. The van der Waals surface area contributed by atoms with Crippen LogP contribution in [0.2, 0.25) is 0 Å². The summed E-state index contributed by atoms with van der Waals surface area (Å²) in [5.41, 5.74) is 0.757. The molecule has 1 fully saturated rings. The fraction of sp³-hybridized carbons (Fsp3) is 0.500. The number of hydrogen-bond acceptors (Lipinski definition) is 2. The van der Waals surface area contributed by atoms with E-state index in [1.165, 1.54) is 6.07 Å². The second-order valence-electron chi connectivity index (χ2n) is 4.17. The lowest BCUT2D eigenvalue weighted by Crippen LogP contribution is -2.38. The number of hydrogen-bond donors (Lipinski definition) is 2. The maximum Gasteiger partial charge on any atom is 0.137 e. The molecular formula is C12H15BrFNO.